The first kappa shape index (κ1) is 21.3. The van der Waals surface area contributed by atoms with Crippen molar-refractivity contribution in [3.63, 3.8) is 0 Å². The fourth-order valence-electron chi connectivity index (χ4n) is 4.54. The summed E-state index contributed by atoms with van der Waals surface area (Å²) < 4.78 is 0. The van der Waals surface area contributed by atoms with Crippen LogP contribution in [0.1, 0.15) is 104 Å². The van der Waals surface area contributed by atoms with Gasteiger partial charge in [-0.1, -0.05) is 84.6 Å². The van der Waals surface area contributed by atoms with E-state index in [9.17, 15) is 4.79 Å². The maximum Gasteiger partial charge on any atom is 0.327 e. The number of carboxylic acid groups (broad SMARTS) is 1. The first-order chi connectivity index (χ1) is 11.4. The zero-order valence-electron chi connectivity index (χ0n) is 16.4. The second-order valence-electron chi connectivity index (χ2n) is 8.64. The van der Waals surface area contributed by atoms with Crippen LogP contribution in [-0.4, -0.2) is 11.1 Å². The first-order valence-electron chi connectivity index (χ1n) is 10.3. The zero-order valence-corrected chi connectivity index (χ0v) is 16.4. The number of unbranched alkanes of at least 4 members (excludes halogenated alkanes) is 3. The summed E-state index contributed by atoms with van der Waals surface area (Å²) in [5, 5.41) is 8.57. The van der Waals surface area contributed by atoms with Crippen molar-refractivity contribution in [1.82, 2.24) is 0 Å². The van der Waals surface area contributed by atoms with Crippen molar-refractivity contribution in [1.29, 1.82) is 0 Å². The molecule has 0 radical (unpaired) electrons. The maximum absolute atomic E-state index is 10.4. The molecule has 2 nitrogen and oxygen atoms in total. The Bertz CT molecular complexity index is 370. The van der Waals surface area contributed by atoms with Crippen LogP contribution in [0, 0.1) is 17.3 Å². The standard InChI is InChI=1S/C22H40O2/c1-4-17-22(2,3)18-10-9-13-20-15-11-14-19(20)12-7-5-6-8-16-21(23)24/h8,16,19-20H,4-7,9-15,17-18H2,1-3H3,(H,23,24)/b16-8+/t19-,20-/m0/s1. The third-order valence-corrected chi connectivity index (χ3v) is 5.88. The van der Waals surface area contributed by atoms with Gasteiger partial charge in [-0.25, -0.2) is 4.79 Å². The second kappa shape index (κ2) is 11.7. The minimum atomic E-state index is -0.826. The monoisotopic (exact) mass is 336 g/mol. The molecule has 140 valence electrons. The van der Waals surface area contributed by atoms with Crippen molar-refractivity contribution in [3.05, 3.63) is 12.2 Å². The quantitative estimate of drug-likeness (QED) is 0.290. The Hall–Kier alpha value is -0.790. The molecule has 0 aliphatic heterocycles. The Kier molecular flexibility index (Phi) is 10.4. The topological polar surface area (TPSA) is 37.3 Å². The molecule has 1 aliphatic rings. The predicted molar refractivity (Wildman–Crippen MR) is 103 cm³/mol. The highest BCUT2D eigenvalue weighted by molar-refractivity contribution is 5.79. The SMILES string of the molecule is CCCC(C)(C)CCCC[C@H]1CCC[C@@H]1CCCC/C=C/C(=O)O. The average molecular weight is 337 g/mol. The summed E-state index contributed by atoms with van der Waals surface area (Å²) in [5.74, 6) is 1.08. The smallest absolute Gasteiger partial charge is 0.327 e. The molecule has 0 saturated heterocycles. The molecule has 2 atom stereocenters. The van der Waals surface area contributed by atoms with Crippen LogP contribution >= 0.6 is 0 Å². The van der Waals surface area contributed by atoms with Gasteiger partial charge in [0.2, 0.25) is 0 Å². The number of aliphatic carboxylic acids is 1. The van der Waals surface area contributed by atoms with Gasteiger partial charge < -0.3 is 5.11 Å². The summed E-state index contributed by atoms with van der Waals surface area (Å²) in [6.07, 6.45) is 20.3. The minimum absolute atomic E-state index is 0.535. The lowest BCUT2D eigenvalue weighted by Gasteiger charge is -2.25. The summed E-state index contributed by atoms with van der Waals surface area (Å²) in [6, 6.07) is 0. The van der Waals surface area contributed by atoms with E-state index in [-0.39, 0.29) is 0 Å². The largest absolute Gasteiger partial charge is 0.478 e. The maximum atomic E-state index is 10.4. The molecule has 1 fully saturated rings. The molecule has 1 N–H and O–H groups in total. The van der Waals surface area contributed by atoms with Gasteiger partial charge in [-0.05, 0) is 42.9 Å². The van der Waals surface area contributed by atoms with Gasteiger partial charge in [0.1, 0.15) is 0 Å². The Morgan fingerprint density at radius 1 is 1.04 bits per heavy atom. The molecule has 0 aromatic rings. The highest BCUT2D eigenvalue weighted by Crippen LogP contribution is 2.39. The number of carboxylic acids is 1. The molecule has 0 aromatic carbocycles. The molecular formula is C22H40O2. The normalized spacial score (nSPS) is 21.6. The minimum Gasteiger partial charge on any atom is -0.478 e. The third kappa shape index (κ3) is 9.49. The first-order valence-corrected chi connectivity index (χ1v) is 10.3. The molecule has 1 aliphatic carbocycles. The lowest BCUT2D eigenvalue weighted by molar-refractivity contribution is -0.131. The van der Waals surface area contributed by atoms with Crippen LogP contribution in [0.15, 0.2) is 12.2 Å². The number of rotatable bonds is 13. The van der Waals surface area contributed by atoms with Crippen molar-refractivity contribution in [2.24, 2.45) is 17.3 Å². The van der Waals surface area contributed by atoms with Crippen LogP contribution in [0.2, 0.25) is 0 Å². The number of carbonyl (C=O) groups is 1. The molecule has 1 rings (SSSR count). The Labute approximate surface area is 150 Å². The lowest BCUT2D eigenvalue weighted by atomic mass is 9.81. The summed E-state index contributed by atoms with van der Waals surface area (Å²) in [4.78, 5) is 10.4. The van der Waals surface area contributed by atoms with E-state index in [0.29, 0.717) is 5.41 Å². The molecule has 1 saturated carbocycles. The molecular weight excluding hydrogens is 296 g/mol. The number of allylic oxidation sites excluding steroid dienone is 1. The molecule has 0 amide bonds. The molecule has 24 heavy (non-hydrogen) atoms. The van der Waals surface area contributed by atoms with E-state index in [1.165, 1.54) is 76.7 Å². The average Bonchev–Trinajstić information content (AvgIpc) is 2.94. The Morgan fingerprint density at radius 2 is 1.67 bits per heavy atom. The van der Waals surface area contributed by atoms with Gasteiger partial charge in [-0.3, -0.25) is 0 Å². The van der Waals surface area contributed by atoms with Crippen molar-refractivity contribution in [2.45, 2.75) is 104 Å². The summed E-state index contributed by atoms with van der Waals surface area (Å²) in [5.41, 5.74) is 0.535. The molecule has 0 spiro atoms. The van der Waals surface area contributed by atoms with Gasteiger partial charge in [0, 0.05) is 6.08 Å². The van der Waals surface area contributed by atoms with Crippen LogP contribution in [0.4, 0.5) is 0 Å². The van der Waals surface area contributed by atoms with E-state index in [1.54, 1.807) is 6.08 Å². The second-order valence-corrected chi connectivity index (χ2v) is 8.64. The lowest BCUT2D eigenvalue weighted by Crippen LogP contribution is -2.12. The van der Waals surface area contributed by atoms with Crippen LogP contribution < -0.4 is 0 Å². The van der Waals surface area contributed by atoms with Gasteiger partial charge in [0.05, 0.1) is 0 Å². The summed E-state index contributed by atoms with van der Waals surface area (Å²) in [6.45, 7) is 7.14. The molecule has 0 aromatic heterocycles. The number of hydrogen-bond acceptors (Lipinski definition) is 1. The van der Waals surface area contributed by atoms with Crippen molar-refractivity contribution in [2.75, 3.05) is 0 Å². The highest BCUT2D eigenvalue weighted by atomic mass is 16.4. The van der Waals surface area contributed by atoms with Crippen molar-refractivity contribution >= 4 is 5.97 Å². The van der Waals surface area contributed by atoms with E-state index >= 15 is 0 Å². The van der Waals surface area contributed by atoms with E-state index in [2.05, 4.69) is 20.8 Å². The van der Waals surface area contributed by atoms with Gasteiger partial charge >= 0.3 is 5.97 Å². The molecule has 2 heteroatoms. The molecule has 0 heterocycles. The van der Waals surface area contributed by atoms with E-state index in [4.69, 9.17) is 5.11 Å². The third-order valence-electron chi connectivity index (χ3n) is 5.88. The fourth-order valence-corrected chi connectivity index (χ4v) is 4.54. The molecule has 0 unspecified atom stereocenters. The summed E-state index contributed by atoms with van der Waals surface area (Å²) >= 11 is 0. The van der Waals surface area contributed by atoms with Crippen LogP contribution in [0.5, 0.6) is 0 Å². The summed E-state index contributed by atoms with van der Waals surface area (Å²) in [7, 11) is 0. The van der Waals surface area contributed by atoms with E-state index in [1.807, 2.05) is 0 Å². The van der Waals surface area contributed by atoms with Crippen molar-refractivity contribution < 1.29 is 9.90 Å². The van der Waals surface area contributed by atoms with Crippen LogP contribution in [0.25, 0.3) is 0 Å². The van der Waals surface area contributed by atoms with Gasteiger partial charge in [0.25, 0.3) is 0 Å². The van der Waals surface area contributed by atoms with Crippen molar-refractivity contribution in [3.8, 4) is 0 Å². The van der Waals surface area contributed by atoms with Gasteiger partial charge in [-0.2, -0.15) is 0 Å². The van der Waals surface area contributed by atoms with Gasteiger partial charge in [-0.15, -0.1) is 0 Å². The highest BCUT2D eigenvalue weighted by Gasteiger charge is 2.26. The number of hydrogen-bond donors (Lipinski definition) is 1. The van der Waals surface area contributed by atoms with Crippen LogP contribution in [0.3, 0.4) is 0 Å². The Balaban J connectivity index is 2.13. The zero-order chi connectivity index (χ0) is 17.8. The molecule has 0 bridgehead atoms. The van der Waals surface area contributed by atoms with E-state index < -0.39 is 5.97 Å². The van der Waals surface area contributed by atoms with Crippen LogP contribution in [-0.2, 0) is 4.79 Å². The van der Waals surface area contributed by atoms with Gasteiger partial charge in [0.15, 0.2) is 0 Å². The Morgan fingerprint density at radius 3 is 2.25 bits per heavy atom. The predicted octanol–water partition coefficient (Wildman–Crippen LogP) is 6.99. The van der Waals surface area contributed by atoms with E-state index in [0.717, 1.165) is 24.7 Å². The fraction of sp³-hybridized carbons (Fsp3) is 0.864.